The monoisotopic (exact) mass is 581 g/mol. The van der Waals surface area contributed by atoms with Crippen molar-refractivity contribution >= 4 is 7.81 Å². The van der Waals surface area contributed by atoms with Gasteiger partial charge in [0, 0.05) is 35.2 Å². The van der Waals surface area contributed by atoms with Crippen LogP contribution in [0.15, 0.2) is 0 Å². The first-order valence-corrected chi connectivity index (χ1v) is 13.1. The first kappa shape index (κ1) is 44.6. The van der Waals surface area contributed by atoms with Crippen LogP contribution in [0, 0.1) is 20.0 Å². The molecule has 14 heteroatoms. The van der Waals surface area contributed by atoms with Gasteiger partial charge in [-0.3, -0.25) is 0 Å². The van der Waals surface area contributed by atoms with Crippen LogP contribution in [0.3, 0.4) is 0 Å². The molecule has 211 valence electrons. The summed E-state index contributed by atoms with van der Waals surface area (Å²) in [6, 6.07) is 1.61. The Morgan fingerprint density at radius 2 is 0.543 bits per heavy atom. The van der Waals surface area contributed by atoms with Gasteiger partial charge in [-0.05, 0) is 38.5 Å². The van der Waals surface area contributed by atoms with Gasteiger partial charge in [-0.1, -0.05) is 57.8 Å². The summed E-state index contributed by atoms with van der Waals surface area (Å²) in [5.74, 6) is 0. The van der Waals surface area contributed by atoms with Gasteiger partial charge in [-0.25, -0.2) is 0 Å². The summed E-state index contributed by atoms with van der Waals surface area (Å²) in [6.07, 6.45) is 20.0. The topological polar surface area (TPSA) is 138 Å². The van der Waals surface area contributed by atoms with Gasteiger partial charge in [0.25, 0.3) is 0 Å². The predicted molar refractivity (Wildman–Crippen MR) is 119 cm³/mol. The summed E-state index contributed by atoms with van der Waals surface area (Å²) < 4.78 is 81.7. The normalized spacial score (nSPS) is 20.0. The Morgan fingerprint density at radius 3 is 0.600 bits per heavy atom. The van der Waals surface area contributed by atoms with E-state index >= 15 is 0 Å². The summed E-state index contributed by atoms with van der Waals surface area (Å²) in [5, 5.41) is 0. The molecule has 3 aliphatic rings. The van der Waals surface area contributed by atoms with Crippen molar-refractivity contribution in [2.45, 2.75) is 114 Å². The van der Waals surface area contributed by atoms with Crippen LogP contribution in [0.2, 0.25) is 0 Å². The van der Waals surface area contributed by atoms with Crippen molar-refractivity contribution in [1.29, 1.82) is 0 Å². The molecule has 0 unspecified atom stereocenters. The van der Waals surface area contributed by atoms with E-state index in [1.807, 2.05) is 0 Å². The zero-order valence-corrected chi connectivity index (χ0v) is 22.0. The molecular weight excluding hydrogens is 542 g/mol. The molecule has 0 heterocycles. The Kier molecular flexibility index (Phi) is 30.6. The predicted octanol–water partition coefficient (Wildman–Crippen LogP) is 7.10. The second-order valence-electron chi connectivity index (χ2n) is 8.15. The van der Waals surface area contributed by atoms with Crippen LogP contribution in [-0.4, -0.2) is 18.1 Å². The minimum atomic E-state index is -10.7. The van der Waals surface area contributed by atoms with Crippen molar-refractivity contribution in [2.24, 2.45) is 17.2 Å². The van der Waals surface area contributed by atoms with Gasteiger partial charge >= 0.3 is 66.9 Å². The first-order chi connectivity index (χ1) is 15.6. The quantitative estimate of drug-likeness (QED) is 0.0925. The fourth-order valence-corrected chi connectivity index (χ4v) is 3.40. The molecule has 0 atom stereocenters. The summed E-state index contributed by atoms with van der Waals surface area (Å²) in [4.78, 5) is 0. The molecule has 0 saturated heterocycles. The molecular formula is C21H39F6MnN3O3P-. The second kappa shape index (κ2) is 24.0. The Bertz CT molecular complexity index is 455. The molecule has 0 aromatic heterocycles. The van der Waals surface area contributed by atoms with Gasteiger partial charge in [-0.15, -0.1) is 0 Å². The first-order valence-electron chi connectivity index (χ1n) is 11.1. The largest absolute Gasteiger partial charge is 0 e. The van der Waals surface area contributed by atoms with Crippen LogP contribution >= 0.6 is 7.81 Å². The van der Waals surface area contributed by atoms with E-state index in [-0.39, 0.29) is 17.1 Å². The summed E-state index contributed by atoms with van der Waals surface area (Å²) in [5.41, 5.74) is 16.9. The molecule has 3 rings (SSSR count). The molecule has 3 fully saturated rings. The maximum absolute atomic E-state index is 10.7. The number of halogens is 6. The van der Waals surface area contributed by atoms with E-state index in [0.29, 0.717) is 18.1 Å². The van der Waals surface area contributed by atoms with Crippen molar-refractivity contribution in [3.05, 3.63) is 20.0 Å². The fraction of sp³-hybridized carbons (Fsp3) is 0.857. The fourth-order valence-electron chi connectivity index (χ4n) is 3.40. The van der Waals surface area contributed by atoms with Crippen molar-refractivity contribution in [3.8, 4) is 0 Å². The third-order valence-electron chi connectivity index (χ3n) is 4.95. The number of rotatable bonds is 0. The third-order valence-corrected chi connectivity index (χ3v) is 4.95. The van der Waals surface area contributed by atoms with Gasteiger partial charge in [0.1, 0.15) is 0 Å². The Balaban J connectivity index is -0.000000106. The zero-order valence-electron chi connectivity index (χ0n) is 19.9. The van der Waals surface area contributed by atoms with Gasteiger partial charge in [0.15, 0.2) is 0 Å². The SMILES string of the molecule is F[P-](F)(F)(F)(F)F.NC1CCCCC1.NC1CCCCC1.NC1CCCCC1.[C-]#[O+].[C-]#[O+].[C-]#[O+].[Mn]. The Morgan fingerprint density at radius 1 is 0.429 bits per heavy atom. The van der Waals surface area contributed by atoms with Crippen LogP contribution in [0.1, 0.15) is 96.3 Å². The molecule has 0 spiro atoms. The van der Waals surface area contributed by atoms with E-state index in [4.69, 9.17) is 31.2 Å². The molecule has 0 aliphatic heterocycles. The maximum atomic E-state index is 9.87. The molecule has 0 amide bonds. The van der Waals surface area contributed by atoms with E-state index in [2.05, 4.69) is 20.0 Å². The van der Waals surface area contributed by atoms with Gasteiger partial charge in [0.05, 0.1) is 0 Å². The number of hydrogen-bond donors (Lipinski definition) is 3. The minimum absolute atomic E-state index is 0. The average Bonchev–Trinajstić information content (AvgIpc) is 2.78. The van der Waals surface area contributed by atoms with Gasteiger partial charge in [0.2, 0.25) is 0 Å². The molecule has 1 radical (unpaired) electrons. The summed E-state index contributed by atoms with van der Waals surface area (Å²) in [7, 11) is -10.7. The van der Waals surface area contributed by atoms with Crippen LogP contribution < -0.4 is 17.2 Å². The molecule has 0 bridgehead atoms. The Hall–Kier alpha value is -0.371. The number of hydrogen-bond acceptors (Lipinski definition) is 3. The molecule has 6 N–H and O–H groups in total. The average molecular weight is 581 g/mol. The van der Waals surface area contributed by atoms with Crippen LogP contribution in [0.25, 0.3) is 0 Å². The molecule has 3 saturated carbocycles. The van der Waals surface area contributed by atoms with E-state index in [9.17, 15) is 25.2 Å². The maximum Gasteiger partial charge on any atom is 0 e. The van der Waals surface area contributed by atoms with Crippen molar-refractivity contribution in [2.75, 3.05) is 0 Å². The summed E-state index contributed by atoms with van der Waals surface area (Å²) >= 11 is 0. The van der Waals surface area contributed by atoms with E-state index < -0.39 is 7.81 Å². The van der Waals surface area contributed by atoms with Crippen LogP contribution in [0.4, 0.5) is 25.2 Å². The zero-order chi connectivity index (χ0) is 27.7. The summed E-state index contributed by atoms with van der Waals surface area (Å²) in [6.45, 7) is 13.5. The van der Waals surface area contributed by atoms with Crippen LogP contribution in [-0.2, 0) is 31.0 Å². The molecule has 3 aliphatic carbocycles. The minimum Gasteiger partial charge on any atom is 0 e. The van der Waals surface area contributed by atoms with Crippen molar-refractivity contribution in [3.63, 3.8) is 0 Å². The third kappa shape index (κ3) is 60.3. The molecule has 0 aromatic carbocycles. The van der Waals surface area contributed by atoms with E-state index in [1.165, 1.54) is 96.3 Å². The number of nitrogens with two attached hydrogens (primary N) is 3. The molecule has 0 aromatic rings. The molecule has 6 nitrogen and oxygen atoms in total. The van der Waals surface area contributed by atoms with Crippen molar-refractivity contribution in [1.82, 2.24) is 0 Å². The van der Waals surface area contributed by atoms with Crippen LogP contribution in [0.5, 0.6) is 0 Å². The van der Waals surface area contributed by atoms with Crippen molar-refractivity contribution < 1.29 is 56.2 Å². The van der Waals surface area contributed by atoms with E-state index in [1.54, 1.807) is 0 Å². The van der Waals surface area contributed by atoms with Gasteiger partial charge in [-0.2, -0.15) is 0 Å². The second-order valence-corrected chi connectivity index (χ2v) is 10.1. The van der Waals surface area contributed by atoms with E-state index in [0.717, 1.165) is 0 Å². The smallest absolute Gasteiger partial charge is 0 e. The van der Waals surface area contributed by atoms with Gasteiger partial charge < -0.3 is 17.2 Å². The standard InChI is InChI=1S/3C6H13N.3CO.F6P.Mn/c3*7-6-4-2-1-3-5-6;3*1-2;1-7(2,3,4,5)6;/h3*6H,1-5,7H2;;;;;/q;;;;;;-1;. The molecule has 35 heavy (non-hydrogen) atoms. The Labute approximate surface area is 215 Å².